The fourth-order valence-electron chi connectivity index (χ4n) is 4.12. The maximum Gasteiger partial charge on any atom is 0.410 e. The Morgan fingerprint density at radius 2 is 1.78 bits per heavy atom. The number of carbonyl (C=O) groups is 1. The minimum atomic E-state index is -1.66. The molecule has 0 aromatic carbocycles. The number of amides is 1. The molecule has 0 saturated carbocycles. The fourth-order valence-corrected chi connectivity index (χ4v) is 5.67. The van der Waals surface area contributed by atoms with Crippen LogP contribution in [0.3, 0.4) is 0 Å². The number of hydrogen-bond donors (Lipinski definition) is 0. The Kier molecular flexibility index (Phi) is 5.03. The van der Waals surface area contributed by atoms with Gasteiger partial charge in [0, 0.05) is 12.1 Å². The van der Waals surface area contributed by atoms with Gasteiger partial charge in [0.15, 0.2) is 8.32 Å². The highest BCUT2D eigenvalue weighted by atomic mass is 28.4. The molecule has 0 N–H and O–H groups in total. The number of piperidine rings is 1. The predicted octanol–water partition coefficient (Wildman–Crippen LogP) is 4.71. The summed E-state index contributed by atoms with van der Waals surface area (Å²) in [6.45, 7) is 16.4. The third-order valence-corrected chi connectivity index (χ3v) is 5.52. The topological polar surface area (TPSA) is 38.8 Å². The Hall–Kier alpha value is -0.813. The molecule has 0 radical (unpaired) electrons. The van der Waals surface area contributed by atoms with Crippen molar-refractivity contribution >= 4 is 14.4 Å². The van der Waals surface area contributed by atoms with Crippen LogP contribution in [0.5, 0.6) is 0 Å². The molecule has 0 aliphatic carbocycles. The van der Waals surface area contributed by atoms with Gasteiger partial charge in [0.1, 0.15) is 5.60 Å². The summed E-state index contributed by atoms with van der Waals surface area (Å²) in [7, 11) is -1.66. The van der Waals surface area contributed by atoms with Gasteiger partial charge in [-0.05, 0) is 72.5 Å². The Labute approximate surface area is 142 Å². The van der Waals surface area contributed by atoms with Gasteiger partial charge in [0.2, 0.25) is 0 Å². The summed E-state index contributed by atoms with van der Waals surface area (Å²) in [5, 5.41) is 0. The maximum absolute atomic E-state index is 12.6. The van der Waals surface area contributed by atoms with Crippen LogP contribution in [-0.4, -0.2) is 42.6 Å². The highest BCUT2D eigenvalue weighted by Gasteiger charge is 2.52. The molecule has 0 spiro atoms. The highest BCUT2D eigenvalue weighted by molar-refractivity contribution is 6.69. The van der Waals surface area contributed by atoms with Crippen LogP contribution in [-0.2, 0) is 9.16 Å². The summed E-state index contributed by atoms with van der Waals surface area (Å²) in [6, 6.07) is 0.472. The van der Waals surface area contributed by atoms with E-state index in [9.17, 15) is 4.79 Å². The number of carbonyl (C=O) groups excluding carboxylic acids is 1. The quantitative estimate of drug-likeness (QED) is 0.550. The van der Waals surface area contributed by atoms with Gasteiger partial charge in [-0.15, -0.1) is 6.58 Å². The molecule has 0 aromatic heterocycles. The largest absolute Gasteiger partial charge is 0.444 e. The molecule has 2 atom stereocenters. The Morgan fingerprint density at radius 1 is 1.26 bits per heavy atom. The smallest absolute Gasteiger partial charge is 0.410 e. The molecule has 132 valence electrons. The molecule has 2 unspecified atom stereocenters. The lowest BCUT2D eigenvalue weighted by Gasteiger charge is -2.48. The van der Waals surface area contributed by atoms with Crippen molar-refractivity contribution in [2.24, 2.45) is 0 Å². The van der Waals surface area contributed by atoms with Gasteiger partial charge in [-0.25, -0.2) is 4.79 Å². The van der Waals surface area contributed by atoms with Crippen LogP contribution in [0.4, 0.5) is 4.79 Å². The third-order valence-electron chi connectivity index (χ3n) is 4.48. The SMILES string of the molecule is C=CCC1(O[Si](C)(C)C)CC2CCC(C1)N2C(=O)OC(C)(C)C. The summed E-state index contributed by atoms with van der Waals surface area (Å²) in [5.41, 5.74) is -0.586. The third kappa shape index (κ3) is 4.60. The van der Waals surface area contributed by atoms with E-state index in [1.165, 1.54) is 0 Å². The van der Waals surface area contributed by atoms with Crippen molar-refractivity contribution in [1.29, 1.82) is 0 Å². The summed E-state index contributed by atoms with van der Waals surface area (Å²) in [6.07, 6.45) is 6.59. The van der Waals surface area contributed by atoms with Gasteiger partial charge in [0.25, 0.3) is 0 Å². The lowest BCUT2D eigenvalue weighted by atomic mass is 9.84. The predicted molar refractivity (Wildman–Crippen MR) is 96.1 cm³/mol. The molecule has 23 heavy (non-hydrogen) atoms. The van der Waals surface area contributed by atoms with E-state index in [0.717, 1.165) is 32.1 Å². The average Bonchev–Trinajstić information content (AvgIpc) is 2.58. The molecule has 2 bridgehead atoms. The molecule has 2 aliphatic rings. The van der Waals surface area contributed by atoms with Gasteiger partial charge in [-0.1, -0.05) is 6.08 Å². The molecule has 1 amide bonds. The number of rotatable bonds is 4. The van der Waals surface area contributed by atoms with Crippen LogP contribution in [0.2, 0.25) is 19.6 Å². The summed E-state index contributed by atoms with van der Waals surface area (Å²) in [4.78, 5) is 14.6. The van der Waals surface area contributed by atoms with Crippen molar-refractivity contribution in [2.45, 2.75) is 95.8 Å². The first-order chi connectivity index (χ1) is 10.4. The molecule has 4 nitrogen and oxygen atoms in total. The second kappa shape index (κ2) is 6.24. The van der Waals surface area contributed by atoms with E-state index in [2.05, 4.69) is 26.2 Å². The van der Waals surface area contributed by atoms with E-state index in [0.29, 0.717) is 0 Å². The molecule has 2 aliphatic heterocycles. The number of ether oxygens (including phenoxy) is 1. The highest BCUT2D eigenvalue weighted by Crippen LogP contribution is 2.46. The van der Waals surface area contributed by atoms with E-state index < -0.39 is 13.9 Å². The number of fused-ring (bicyclic) bond motifs is 2. The molecular weight excluding hydrogens is 306 g/mol. The molecule has 2 saturated heterocycles. The first-order valence-electron chi connectivity index (χ1n) is 8.77. The van der Waals surface area contributed by atoms with Gasteiger partial charge in [-0.2, -0.15) is 0 Å². The van der Waals surface area contributed by atoms with Crippen LogP contribution < -0.4 is 0 Å². The first-order valence-corrected chi connectivity index (χ1v) is 12.2. The Balaban J connectivity index is 2.16. The maximum atomic E-state index is 12.6. The lowest BCUT2D eigenvalue weighted by molar-refractivity contribution is -0.0467. The second-order valence-electron chi connectivity index (χ2n) is 9.07. The molecular formula is C18H33NO3Si. The molecule has 5 heteroatoms. The van der Waals surface area contributed by atoms with E-state index in [1.807, 2.05) is 31.7 Å². The van der Waals surface area contributed by atoms with Crippen molar-refractivity contribution in [3.63, 3.8) is 0 Å². The Bertz CT molecular complexity index is 450. The van der Waals surface area contributed by atoms with Crippen LogP contribution in [0.25, 0.3) is 0 Å². The normalized spacial score (nSPS) is 31.1. The van der Waals surface area contributed by atoms with Crippen molar-refractivity contribution < 1.29 is 14.0 Å². The standard InChI is InChI=1S/C18H33NO3Si/c1-8-11-18(22-23(5,6)7)12-14-9-10-15(13-18)19(14)16(20)21-17(2,3)4/h8,14-15H,1,9-13H2,2-7H3. The summed E-state index contributed by atoms with van der Waals surface area (Å²) >= 11 is 0. The average molecular weight is 340 g/mol. The van der Waals surface area contributed by atoms with Crippen molar-refractivity contribution in [2.75, 3.05) is 0 Å². The summed E-state index contributed by atoms with van der Waals surface area (Å²) < 4.78 is 12.2. The van der Waals surface area contributed by atoms with Crippen LogP contribution in [0, 0.1) is 0 Å². The van der Waals surface area contributed by atoms with E-state index in [4.69, 9.17) is 9.16 Å². The van der Waals surface area contributed by atoms with Gasteiger partial charge in [0.05, 0.1) is 5.60 Å². The zero-order valence-electron chi connectivity index (χ0n) is 15.6. The minimum absolute atomic E-state index is 0.142. The number of nitrogens with zero attached hydrogens (tertiary/aromatic N) is 1. The van der Waals surface area contributed by atoms with Gasteiger partial charge >= 0.3 is 6.09 Å². The monoisotopic (exact) mass is 339 g/mol. The van der Waals surface area contributed by atoms with Crippen LogP contribution in [0.1, 0.15) is 52.9 Å². The second-order valence-corrected chi connectivity index (χ2v) is 13.5. The lowest BCUT2D eigenvalue weighted by Crippen LogP contribution is -2.57. The van der Waals surface area contributed by atoms with Gasteiger partial charge in [-0.3, -0.25) is 0 Å². The van der Waals surface area contributed by atoms with Crippen LogP contribution >= 0.6 is 0 Å². The van der Waals surface area contributed by atoms with Crippen molar-refractivity contribution in [3.05, 3.63) is 12.7 Å². The number of hydrogen-bond acceptors (Lipinski definition) is 3. The molecule has 2 rings (SSSR count). The van der Waals surface area contributed by atoms with Gasteiger partial charge < -0.3 is 14.1 Å². The summed E-state index contributed by atoms with van der Waals surface area (Å²) in [5.74, 6) is 0. The van der Waals surface area contributed by atoms with Crippen LogP contribution in [0.15, 0.2) is 12.7 Å². The minimum Gasteiger partial charge on any atom is -0.444 e. The first kappa shape index (κ1) is 18.5. The van der Waals surface area contributed by atoms with Crippen molar-refractivity contribution in [1.82, 2.24) is 4.90 Å². The molecule has 0 aromatic rings. The fraction of sp³-hybridized carbons (Fsp3) is 0.833. The van der Waals surface area contributed by atoms with E-state index in [-0.39, 0.29) is 23.8 Å². The van der Waals surface area contributed by atoms with E-state index >= 15 is 0 Å². The van der Waals surface area contributed by atoms with E-state index in [1.54, 1.807) is 0 Å². The molecule has 2 heterocycles. The zero-order valence-corrected chi connectivity index (χ0v) is 16.6. The molecule has 2 fully saturated rings. The van der Waals surface area contributed by atoms with Crippen molar-refractivity contribution in [3.8, 4) is 0 Å². The zero-order chi connectivity index (χ0) is 17.5. The Morgan fingerprint density at radius 3 is 2.17 bits per heavy atom.